The number of rotatable bonds is 3. The smallest absolute Gasteiger partial charge is 0.353 e. The lowest BCUT2D eigenvalue weighted by Gasteiger charge is -2.37. The number of halogens is 3. The molecule has 1 unspecified atom stereocenters. The summed E-state index contributed by atoms with van der Waals surface area (Å²) in [6.07, 6.45) is -2.06. The van der Waals surface area contributed by atoms with Crippen molar-refractivity contribution in [3.8, 4) is 0 Å². The molecule has 1 saturated carbocycles. The van der Waals surface area contributed by atoms with Gasteiger partial charge in [0, 0.05) is 25.0 Å². The predicted molar refractivity (Wildman–Crippen MR) is 69.1 cm³/mol. The topological polar surface area (TPSA) is 75.4 Å². The van der Waals surface area contributed by atoms with Gasteiger partial charge in [-0.2, -0.15) is 13.2 Å². The van der Waals surface area contributed by atoms with Gasteiger partial charge in [0.1, 0.15) is 0 Å². The Kier molecular flexibility index (Phi) is 4.19. The molecule has 1 aliphatic carbocycles. The van der Waals surface area contributed by atoms with Gasteiger partial charge in [0.05, 0.1) is 0 Å². The molecule has 0 aromatic rings. The third kappa shape index (κ3) is 3.48. The molecule has 5 nitrogen and oxygen atoms in total. The second-order valence-corrected chi connectivity index (χ2v) is 6.05. The van der Waals surface area contributed by atoms with Crippen LogP contribution in [-0.2, 0) is 9.59 Å². The van der Waals surface area contributed by atoms with Crippen LogP contribution in [0.5, 0.6) is 0 Å². The molecule has 8 heteroatoms. The number of likely N-dealkylation sites (tertiary alicyclic amines) is 1. The van der Waals surface area contributed by atoms with E-state index < -0.39 is 17.6 Å². The Bertz CT molecular complexity index is 425. The van der Waals surface area contributed by atoms with Crippen molar-refractivity contribution in [3.63, 3.8) is 0 Å². The monoisotopic (exact) mass is 307 g/mol. The lowest BCUT2D eigenvalue weighted by Crippen LogP contribution is -2.63. The highest BCUT2D eigenvalue weighted by Crippen LogP contribution is 2.31. The average Bonchev–Trinajstić information content (AvgIpc) is 3.21. The molecule has 2 rings (SSSR count). The third-order valence-electron chi connectivity index (χ3n) is 4.11. The Labute approximate surface area is 121 Å². The molecule has 0 aromatic carbocycles. The van der Waals surface area contributed by atoms with Gasteiger partial charge in [-0.15, -0.1) is 0 Å². The fraction of sp³-hybridized carbons (Fsp3) is 0.846. The van der Waals surface area contributed by atoms with Gasteiger partial charge in [-0.1, -0.05) is 0 Å². The summed E-state index contributed by atoms with van der Waals surface area (Å²) in [5.74, 6) is -0.997. The first-order valence-electron chi connectivity index (χ1n) is 7.08. The van der Waals surface area contributed by atoms with Crippen LogP contribution in [0.2, 0.25) is 0 Å². The molecule has 0 bridgehead atoms. The lowest BCUT2D eigenvalue weighted by molar-refractivity contribution is -0.194. The van der Waals surface area contributed by atoms with E-state index in [9.17, 15) is 22.8 Å². The summed E-state index contributed by atoms with van der Waals surface area (Å²) in [6, 6.07) is -0.0722. The van der Waals surface area contributed by atoms with Gasteiger partial charge in [0.25, 0.3) is 5.91 Å². The second-order valence-electron chi connectivity index (χ2n) is 6.05. The Morgan fingerprint density at radius 3 is 2.10 bits per heavy atom. The quantitative estimate of drug-likeness (QED) is 0.809. The maximum atomic E-state index is 12.8. The average molecular weight is 307 g/mol. The van der Waals surface area contributed by atoms with Crippen LogP contribution in [0.25, 0.3) is 0 Å². The highest BCUT2D eigenvalue weighted by atomic mass is 19.4. The standard InChI is InChI=1S/C13H20F3N3O2/c1-12(17,13(14,15)16)11(21)19-6-4-9(5-7-19)18-10(20)8-2-3-8/h8-9H,2-7,17H2,1H3,(H,18,20). The van der Waals surface area contributed by atoms with Crippen LogP contribution in [-0.4, -0.2) is 47.6 Å². The zero-order chi connectivity index (χ0) is 15.8. The highest BCUT2D eigenvalue weighted by molar-refractivity contribution is 5.87. The van der Waals surface area contributed by atoms with Crippen molar-refractivity contribution in [2.24, 2.45) is 11.7 Å². The first-order chi connectivity index (χ1) is 9.63. The minimum Gasteiger partial charge on any atom is -0.353 e. The zero-order valence-electron chi connectivity index (χ0n) is 11.9. The van der Waals surface area contributed by atoms with Crippen LogP contribution in [0, 0.1) is 5.92 Å². The fourth-order valence-corrected chi connectivity index (χ4v) is 2.34. The molecule has 2 fully saturated rings. The lowest BCUT2D eigenvalue weighted by atomic mass is 9.97. The van der Waals surface area contributed by atoms with Crippen molar-refractivity contribution >= 4 is 11.8 Å². The first-order valence-corrected chi connectivity index (χ1v) is 7.08. The van der Waals surface area contributed by atoms with Crippen LogP contribution < -0.4 is 11.1 Å². The summed E-state index contributed by atoms with van der Waals surface area (Å²) >= 11 is 0. The van der Waals surface area contributed by atoms with Gasteiger partial charge in [-0.25, -0.2) is 0 Å². The van der Waals surface area contributed by atoms with Crippen molar-refractivity contribution in [1.29, 1.82) is 0 Å². The number of amides is 2. The van der Waals surface area contributed by atoms with Gasteiger partial charge in [-0.3, -0.25) is 9.59 Å². The number of carbonyl (C=O) groups excluding carboxylic acids is 2. The minimum atomic E-state index is -4.78. The van der Waals surface area contributed by atoms with E-state index in [1.54, 1.807) is 0 Å². The van der Waals surface area contributed by atoms with Crippen molar-refractivity contribution in [1.82, 2.24) is 10.2 Å². The molecule has 120 valence electrons. The van der Waals surface area contributed by atoms with E-state index in [1.165, 1.54) is 0 Å². The van der Waals surface area contributed by atoms with E-state index >= 15 is 0 Å². The van der Waals surface area contributed by atoms with Gasteiger partial charge >= 0.3 is 6.18 Å². The third-order valence-corrected chi connectivity index (χ3v) is 4.11. The molecule has 0 radical (unpaired) electrons. The predicted octanol–water partition coefficient (Wildman–Crippen LogP) is 0.783. The minimum absolute atomic E-state index is 0.0127. The first kappa shape index (κ1) is 16.1. The SMILES string of the molecule is CC(N)(C(=O)N1CCC(NC(=O)C2CC2)CC1)C(F)(F)F. The van der Waals surface area contributed by atoms with Crippen LogP contribution in [0.3, 0.4) is 0 Å². The van der Waals surface area contributed by atoms with E-state index in [0.717, 1.165) is 17.7 Å². The van der Waals surface area contributed by atoms with E-state index in [2.05, 4.69) is 5.32 Å². The molecule has 0 spiro atoms. The van der Waals surface area contributed by atoms with Gasteiger partial charge < -0.3 is 16.0 Å². The molecule has 3 N–H and O–H groups in total. The van der Waals surface area contributed by atoms with Crippen LogP contribution in [0.4, 0.5) is 13.2 Å². The molecular weight excluding hydrogens is 287 g/mol. The largest absolute Gasteiger partial charge is 0.415 e. The summed E-state index contributed by atoms with van der Waals surface area (Å²) in [5, 5.41) is 2.88. The molecule has 2 amide bonds. The molecular formula is C13H20F3N3O2. The van der Waals surface area contributed by atoms with Crippen molar-refractivity contribution < 1.29 is 22.8 Å². The molecule has 1 heterocycles. The van der Waals surface area contributed by atoms with Gasteiger partial charge in [0.15, 0.2) is 5.54 Å². The molecule has 0 aromatic heterocycles. The number of carbonyl (C=O) groups is 2. The maximum Gasteiger partial charge on any atom is 0.415 e. The van der Waals surface area contributed by atoms with E-state index in [1.807, 2.05) is 0 Å². The second kappa shape index (κ2) is 5.47. The number of alkyl halides is 3. The van der Waals surface area contributed by atoms with Crippen molar-refractivity contribution in [2.75, 3.05) is 13.1 Å². The Morgan fingerprint density at radius 1 is 1.14 bits per heavy atom. The van der Waals surface area contributed by atoms with Crippen LogP contribution in [0.15, 0.2) is 0 Å². The Balaban J connectivity index is 1.85. The Morgan fingerprint density at radius 2 is 1.67 bits per heavy atom. The van der Waals surface area contributed by atoms with Crippen molar-refractivity contribution in [2.45, 2.75) is 50.4 Å². The number of hydrogen-bond acceptors (Lipinski definition) is 3. The molecule has 2 aliphatic rings. The normalized spacial score (nSPS) is 23.6. The number of hydrogen-bond donors (Lipinski definition) is 2. The summed E-state index contributed by atoms with van der Waals surface area (Å²) in [4.78, 5) is 24.7. The highest BCUT2D eigenvalue weighted by Gasteiger charge is 2.55. The van der Waals surface area contributed by atoms with Crippen LogP contribution in [0.1, 0.15) is 32.6 Å². The van der Waals surface area contributed by atoms with Gasteiger partial charge in [0.2, 0.25) is 5.91 Å². The molecule has 21 heavy (non-hydrogen) atoms. The zero-order valence-corrected chi connectivity index (χ0v) is 11.9. The van der Waals surface area contributed by atoms with E-state index in [-0.39, 0.29) is 31.0 Å². The van der Waals surface area contributed by atoms with Gasteiger partial charge in [-0.05, 0) is 32.6 Å². The van der Waals surface area contributed by atoms with Crippen LogP contribution >= 0.6 is 0 Å². The Hall–Kier alpha value is -1.31. The summed E-state index contributed by atoms with van der Waals surface area (Å²) < 4.78 is 38.3. The number of piperidine rings is 1. The summed E-state index contributed by atoms with van der Waals surface area (Å²) in [7, 11) is 0. The summed E-state index contributed by atoms with van der Waals surface area (Å²) in [6.45, 7) is 1.05. The fourth-order valence-electron chi connectivity index (χ4n) is 2.34. The van der Waals surface area contributed by atoms with Crippen molar-refractivity contribution in [3.05, 3.63) is 0 Å². The molecule has 1 atom stereocenters. The number of nitrogens with one attached hydrogen (secondary N) is 1. The number of nitrogens with two attached hydrogens (primary N) is 1. The maximum absolute atomic E-state index is 12.8. The van der Waals surface area contributed by atoms with E-state index in [0.29, 0.717) is 19.8 Å². The van der Waals surface area contributed by atoms with E-state index in [4.69, 9.17) is 5.73 Å². The molecule has 1 saturated heterocycles. The summed E-state index contributed by atoms with van der Waals surface area (Å²) in [5.41, 5.74) is 2.28. The number of nitrogens with zero attached hydrogens (tertiary/aromatic N) is 1. The molecule has 1 aliphatic heterocycles.